The van der Waals surface area contributed by atoms with Crippen molar-refractivity contribution in [1.82, 2.24) is 9.80 Å². The molecule has 0 spiro atoms. The van der Waals surface area contributed by atoms with Crippen LogP contribution < -0.4 is 5.73 Å². The van der Waals surface area contributed by atoms with E-state index in [1.54, 1.807) is 0 Å². The quantitative estimate of drug-likeness (QED) is 0.749. The molecule has 0 radical (unpaired) electrons. The molecule has 1 heterocycles. The van der Waals surface area contributed by atoms with Crippen LogP contribution in [0.1, 0.15) is 46.0 Å². The number of amides is 1. The third-order valence-corrected chi connectivity index (χ3v) is 3.82. The second-order valence-electron chi connectivity index (χ2n) is 5.16. The number of carbonyl (C=O) groups is 1. The molecular weight excluding hydrogens is 226 g/mol. The Bertz CT molecular complexity index is 239. The summed E-state index contributed by atoms with van der Waals surface area (Å²) in [7, 11) is 0. The lowest BCUT2D eigenvalue weighted by Crippen LogP contribution is -2.46. The van der Waals surface area contributed by atoms with Crippen molar-refractivity contribution in [3.63, 3.8) is 0 Å². The summed E-state index contributed by atoms with van der Waals surface area (Å²) in [4.78, 5) is 16.6. The number of hydrogen-bond donors (Lipinski definition) is 1. The Hall–Kier alpha value is -0.610. The smallest absolute Gasteiger partial charge is 0.224 e. The van der Waals surface area contributed by atoms with Crippen molar-refractivity contribution in [1.29, 1.82) is 0 Å². The second kappa shape index (κ2) is 8.48. The summed E-state index contributed by atoms with van der Waals surface area (Å²) in [5, 5.41) is 0. The van der Waals surface area contributed by atoms with Gasteiger partial charge in [0.1, 0.15) is 0 Å². The fraction of sp³-hybridized carbons (Fsp3) is 0.929. The predicted molar refractivity (Wildman–Crippen MR) is 75.4 cm³/mol. The van der Waals surface area contributed by atoms with Crippen LogP contribution in [0.4, 0.5) is 0 Å². The molecule has 0 aromatic rings. The van der Waals surface area contributed by atoms with E-state index in [0.29, 0.717) is 18.9 Å². The summed E-state index contributed by atoms with van der Waals surface area (Å²) in [5.41, 5.74) is 5.84. The minimum atomic E-state index is 0.212. The zero-order chi connectivity index (χ0) is 13.4. The van der Waals surface area contributed by atoms with E-state index in [9.17, 15) is 4.79 Å². The zero-order valence-corrected chi connectivity index (χ0v) is 12.0. The van der Waals surface area contributed by atoms with E-state index in [0.717, 1.165) is 45.4 Å². The predicted octanol–water partition coefficient (Wildman–Crippen LogP) is 1.45. The maximum Gasteiger partial charge on any atom is 0.224 e. The standard InChI is InChI=1S/C14H29N3O/c1-3-8-16(4-2)13(12-15)11-14(18)17-9-6-5-7-10-17/h13H,3-12,15H2,1-2H3. The molecular formula is C14H29N3O. The lowest BCUT2D eigenvalue weighted by Gasteiger charge is -2.32. The first kappa shape index (κ1) is 15.4. The Balaban J connectivity index is 2.47. The van der Waals surface area contributed by atoms with Gasteiger partial charge in [-0.25, -0.2) is 0 Å². The fourth-order valence-corrected chi connectivity index (χ4v) is 2.72. The molecule has 0 aromatic heterocycles. The van der Waals surface area contributed by atoms with Crippen LogP contribution in [0.25, 0.3) is 0 Å². The highest BCUT2D eigenvalue weighted by Gasteiger charge is 2.23. The van der Waals surface area contributed by atoms with E-state index in [4.69, 9.17) is 5.73 Å². The fourth-order valence-electron chi connectivity index (χ4n) is 2.72. The first-order valence-corrected chi connectivity index (χ1v) is 7.44. The monoisotopic (exact) mass is 255 g/mol. The molecule has 0 saturated carbocycles. The van der Waals surface area contributed by atoms with E-state index < -0.39 is 0 Å². The van der Waals surface area contributed by atoms with Crippen LogP contribution in [0.3, 0.4) is 0 Å². The van der Waals surface area contributed by atoms with Gasteiger partial charge in [0, 0.05) is 32.1 Å². The van der Waals surface area contributed by atoms with Crippen molar-refractivity contribution in [3.8, 4) is 0 Å². The minimum Gasteiger partial charge on any atom is -0.343 e. The number of carbonyl (C=O) groups excluding carboxylic acids is 1. The molecule has 4 nitrogen and oxygen atoms in total. The molecule has 1 aliphatic rings. The number of nitrogens with two attached hydrogens (primary N) is 1. The van der Waals surface area contributed by atoms with Gasteiger partial charge in [-0.15, -0.1) is 0 Å². The number of hydrogen-bond acceptors (Lipinski definition) is 3. The van der Waals surface area contributed by atoms with Gasteiger partial charge >= 0.3 is 0 Å². The summed E-state index contributed by atoms with van der Waals surface area (Å²) in [5.74, 6) is 0.291. The van der Waals surface area contributed by atoms with E-state index in [1.165, 1.54) is 6.42 Å². The van der Waals surface area contributed by atoms with Crippen LogP contribution in [0.15, 0.2) is 0 Å². The van der Waals surface area contributed by atoms with E-state index >= 15 is 0 Å². The summed E-state index contributed by atoms with van der Waals surface area (Å²) < 4.78 is 0. The van der Waals surface area contributed by atoms with Gasteiger partial charge in [0.2, 0.25) is 5.91 Å². The van der Waals surface area contributed by atoms with Crippen molar-refractivity contribution in [2.45, 2.75) is 52.0 Å². The molecule has 0 bridgehead atoms. The molecule has 2 N–H and O–H groups in total. The number of piperidine rings is 1. The highest BCUT2D eigenvalue weighted by molar-refractivity contribution is 5.76. The Morgan fingerprint density at radius 2 is 1.94 bits per heavy atom. The van der Waals surface area contributed by atoms with Gasteiger partial charge in [-0.1, -0.05) is 13.8 Å². The van der Waals surface area contributed by atoms with Crippen LogP contribution in [-0.2, 0) is 4.79 Å². The van der Waals surface area contributed by atoms with Crippen molar-refractivity contribution >= 4 is 5.91 Å². The summed E-state index contributed by atoms with van der Waals surface area (Å²) in [6.07, 6.45) is 5.28. The number of rotatable bonds is 7. The molecule has 1 rings (SSSR count). The van der Waals surface area contributed by atoms with E-state index in [1.807, 2.05) is 4.90 Å². The lowest BCUT2D eigenvalue weighted by atomic mass is 10.1. The van der Waals surface area contributed by atoms with Crippen LogP contribution >= 0.6 is 0 Å². The normalized spacial score (nSPS) is 18.1. The average Bonchev–Trinajstić information content (AvgIpc) is 2.43. The molecule has 106 valence electrons. The van der Waals surface area contributed by atoms with Gasteiger partial charge < -0.3 is 10.6 Å². The molecule has 1 unspecified atom stereocenters. The van der Waals surface area contributed by atoms with Crippen LogP contribution in [0.2, 0.25) is 0 Å². The number of likely N-dealkylation sites (N-methyl/N-ethyl adjacent to an activating group) is 1. The Kier molecular flexibility index (Phi) is 7.28. The maximum absolute atomic E-state index is 12.2. The van der Waals surface area contributed by atoms with Crippen LogP contribution in [0, 0.1) is 0 Å². The van der Waals surface area contributed by atoms with Crippen molar-refractivity contribution in [3.05, 3.63) is 0 Å². The SMILES string of the molecule is CCCN(CC)C(CN)CC(=O)N1CCCCC1. The summed E-state index contributed by atoms with van der Waals surface area (Å²) in [6.45, 7) is 8.78. The zero-order valence-electron chi connectivity index (χ0n) is 12.0. The molecule has 1 aliphatic heterocycles. The average molecular weight is 255 g/mol. The van der Waals surface area contributed by atoms with Crippen molar-refractivity contribution < 1.29 is 4.79 Å². The highest BCUT2D eigenvalue weighted by atomic mass is 16.2. The van der Waals surface area contributed by atoms with Crippen LogP contribution in [-0.4, -0.2) is 54.5 Å². The molecule has 1 atom stereocenters. The third kappa shape index (κ3) is 4.58. The molecule has 0 aliphatic carbocycles. The van der Waals surface area contributed by atoms with Gasteiger partial charge in [0.05, 0.1) is 0 Å². The molecule has 4 heteroatoms. The minimum absolute atomic E-state index is 0.212. The van der Waals surface area contributed by atoms with Gasteiger partial charge in [-0.05, 0) is 38.8 Å². The van der Waals surface area contributed by atoms with Gasteiger partial charge in [0.25, 0.3) is 0 Å². The molecule has 1 amide bonds. The van der Waals surface area contributed by atoms with Gasteiger partial charge in [-0.2, -0.15) is 0 Å². The molecule has 0 aromatic carbocycles. The second-order valence-corrected chi connectivity index (χ2v) is 5.16. The highest BCUT2D eigenvalue weighted by Crippen LogP contribution is 2.12. The van der Waals surface area contributed by atoms with Crippen LogP contribution in [0.5, 0.6) is 0 Å². The number of likely N-dealkylation sites (tertiary alicyclic amines) is 1. The topological polar surface area (TPSA) is 49.6 Å². The molecule has 1 fully saturated rings. The molecule has 1 saturated heterocycles. The number of nitrogens with zero attached hydrogens (tertiary/aromatic N) is 2. The maximum atomic E-state index is 12.2. The van der Waals surface area contributed by atoms with Crippen molar-refractivity contribution in [2.24, 2.45) is 5.73 Å². The Morgan fingerprint density at radius 3 is 2.44 bits per heavy atom. The lowest BCUT2D eigenvalue weighted by molar-refractivity contribution is -0.133. The van der Waals surface area contributed by atoms with E-state index in [2.05, 4.69) is 18.7 Å². The Labute approximate surface area is 111 Å². The summed E-state index contributed by atoms with van der Waals surface area (Å²) >= 11 is 0. The first-order chi connectivity index (χ1) is 8.72. The largest absolute Gasteiger partial charge is 0.343 e. The Morgan fingerprint density at radius 1 is 1.28 bits per heavy atom. The van der Waals surface area contributed by atoms with Gasteiger partial charge in [-0.3, -0.25) is 9.69 Å². The third-order valence-electron chi connectivity index (χ3n) is 3.82. The van der Waals surface area contributed by atoms with Gasteiger partial charge in [0.15, 0.2) is 0 Å². The molecule has 18 heavy (non-hydrogen) atoms. The van der Waals surface area contributed by atoms with Crippen molar-refractivity contribution in [2.75, 3.05) is 32.7 Å². The summed E-state index contributed by atoms with van der Waals surface area (Å²) in [6, 6.07) is 0.212. The first-order valence-electron chi connectivity index (χ1n) is 7.44. The van der Waals surface area contributed by atoms with E-state index in [-0.39, 0.29) is 6.04 Å².